The van der Waals surface area contributed by atoms with E-state index in [2.05, 4.69) is 231 Å². The van der Waals surface area contributed by atoms with Crippen LogP contribution in [0.2, 0.25) is 0 Å². The summed E-state index contributed by atoms with van der Waals surface area (Å²) in [6.45, 7) is 0. The number of hydrogen-bond acceptors (Lipinski definition) is 0. The molecule has 0 amide bonds. The summed E-state index contributed by atoms with van der Waals surface area (Å²) in [6, 6.07) is 84.1. The maximum absolute atomic E-state index is 2.46. The van der Waals surface area contributed by atoms with Gasteiger partial charge in [-0.3, -0.25) is 0 Å². The normalized spacial score (nSPS) is 11.2. The minimum Gasteiger partial charge on any atom is -0.0622 e. The topological polar surface area (TPSA) is 0 Å². The molecule has 10 aromatic rings. The van der Waals surface area contributed by atoms with Crippen LogP contribution in [0.4, 0.5) is 0 Å². The van der Waals surface area contributed by atoms with E-state index in [1.54, 1.807) is 0 Å². The van der Waals surface area contributed by atoms with Gasteiger partial charge in [-0.2, -0.15) is 0 Å². The molecule has 0 aliphatic rings. The zero-order valence-electron chi connectivity index (χ0n) is 30.9. The summed E-state index contributed by atoms with van der Waals surface area (Å²) in [5.41, 5.74) is 17.0. The molecule has 0 aliphatic carbocycles. The van der Waals surface area contributed by atoms with Crippen LogP contribution in [0.3, 0.4) is 0 Å². The van der Waals surface area contributed by atoms with Crippen LogP contribution >= 0.6 is 0 Å². The molecule has 0 heteroatoms. The van der Waals surface area contributed by atoms with Crippen LogP contribution in [0.1, 0.15) is 0 Å². The molecule has 0 aliphatic heterocycles. The number of hydrogen-bond donors (Lipinski definition) is 0. The predicted octanol–water partition coefficient (Wildman–Crippen LogP) is 15.7. The van der Waals surface area contributed by atoms with Crippen molar-refractivity contribution >= 4 is 21.5 Å². The zero-order valence-corrected chi connectivity index (χ0v) is 30.9. The van der Waals surface area contributed by atoms with Gasteiger partial charge in [-0.05, 0) is 124 Å². The molecule has 0 bridgehead atoms. The zero-order chi connectivity index (χ0) is 37.3. The lowest BCUT2D eigenvalue weighted by Gasteiger charge is -2.20. The highest BCUT2D eigenvalue weighted by Gasteiger charge is 2.20. The van der Waals surface area contributed by atoms with Gasteiger partial charge in [0.05, 0.1) is 0 Å². The SMILES string of the molecule is c1ccc(-c2cc(-c3ccccc3)cc(-c3c4cccc(-c5ccccc5-c5ccccc5)c4cc4c(-c5ccccc5-c5ccccc5)cccc34)c2)cc1. The molecule has 0 aromatic heterocycles. The molecule has 0 heterocycles. The first kappa shape index (κ1) is 33.3. The lowest BCUT2D eigenvalue weighted by Crippen LogP contribution is -1.93. The summed E-state index contributed by atoms with van der Waals surface area (Å²) in [5, 5.41) is 4.93. The Kier molecular flexibility index (Phi) is 8.63. The van der Waals surface area contributed by atoms with Crippen molar-refractivity contribution in [2.75, 3.05) is 0 Å². The Morgan fingerprint density at radius 1 is 0.161 bits per heavy atom. The van der Waals surface area contributed by atoms with Crippen molar-refractivity contribution in [3.63, 3.8) is 0 Å². The Morgan fingerprint density at radius 2 is 0.482 bits per heavy atom. The maximum atomic E-state index is 2.46. The molecular formula is C56H38. The first-order chi connectivity index (χ1) is 27.8. The van der Waals surface area contributed by atoms with Gasteiger partial charge in [0, 0.05) is 0 Å². The van der Waals surface area contributed by atoms with Gasteiger partial charge in [0.25, 0.3) is 0 Å². The van der Waals surface area contributed by atoms with E-state index >= 15 is 0 Å². The van der Waals surface area contributed by atoms with E-state index in [1.165, 1.54) is 99.4 Å². The molecule has 10 rings (SSSR count). The summed E-state index contributed by atoms with van der Waals surface area (Å²) >= 11 is 0. The summed E-state index contributed by atoms with van der Waals surface area (Å²) in [7, 11) is 0. The van der Waals surface area contributed by atoms with Gasteiger partial charge in [0.15, 0.2) is 0 Å². The van der Waals surface area contributed by atoms with E-state index in [1.807, 2.05) is 0 Å². The van der Waals surface area contributed by atoms with Crippen molar-refractivity contribution in [1.82, 2.24) is 0 Å². The average molecular weight is 711 g/mol. The fraction of sp³-hybridized carbons (Fsp3) is 0. The van der Waals surface area contributed by atoms with Crippen molar-refractivity contribution in [2.24, 2.45) is 0 Å². The quantitative estimate of drug-likeness (QED) is 0.144. The van der Waals surface area contributed by atoms with Crippen molar-refractivity contribution in [2.45, 2.75) is 0 Å². The Bertz CT molecular complexity index is 2780. The highest BCUT2D eigenvalue weighted by Crippen LogP contribution is 2.47. The van der Waals surface area contributed by atoms with Gasteiger partial charge in [-0.15, -0.1) is 0 Å². The lowest BCUT2D eigenvalue weighted by atomic mass is 9.83. The first-order valence-corrected chi connectivity index (χ1v) is 19.3. The Morgan fingerprint density at radius 3 is 0.893 bits per heavy atom. The van der Waals surface area contributed by atoms with E-state index < -0.39 is 0 Å². The Hall–Kier alpha value is -7.28. The molecule has 10 aromatic carbocycles. The van der Waals surface area contributed by atoms with Crippen molar-refractivity contribution in [3.05, 3.63) is 231 Å². The van der Waals surface area contributed by atoms with E-state index in [4.69, 9.17) is 0 Å². The molecule has 0 radical (unpaired) electrons. The number of fused-ring (bicyclic) bond motifs is 2. The summed E-state index contributed by atoms with van der Waals surface area (Å²) in [4.78, 5) is 0. The van der Waals surface area contributed by atoms with Crippen LogP contribution in [0.5, 0.6) is 0 Å². The second kappa shape index (κ2) is 14.5. The Balaban J connectivity index is 1.33. The van der Waals surface area contributed by atoms with Crippen LogP contribution < -0.4 is 0 Å². The van der Waals surface area contributed by atoms with Crippen molar-refractivity contribution < 1.29 is 0 Å². The third-order valence-electron chi connectivity index (χ3n) is 11.1. The fourth-order valence-electron chi connectivity index (χ4n) is 8.49. The fourth-order valence-corrected chi connectivity index (χ4v) is 8.49. The van der Waals surface area contributed by atoms with Gasteiger partial charge >= 0.3 is 0 Å². The minimum atomic E-state index is 1.20. The summed E-state index contributed by atoms with van der Waals surface area (Å²) < 4.78 is 0. The molecule has 0 fully saturated rings. The number of rotatable bonds is 7. The molecule has 262 valence electrons. The van der Waals surface area contributed by atoms with Gasteiger partial charge in [-0.1, -0.05) is 206 Å². The van der Waals surface area contributed by atoms with Crippen LogP contribution in [0, 0.1) is 0 Å². The lowest BCUT2D eigenvalue weighted by molar-refractivity contribution is 1.58. The smallest absolute Gasteiger partial charge is 0.00259 e. The predicted molar refractivity (Wildman–Crippen MR) is 240 cm³/mol. The largest absolute Gasteiger partial charge is 0.0622 e. The van der Waals surface area contributed by atoms with E-state index in [-0.39, 0.29) is 0 Å². The van der Waals surface area contributed by atoms with Crippen LogP contribution in [-0.2, 0) is 0 Å². The van der Waals surface area contributed by atoms with Crippen molar-refractivity contribution in [3.8, 4) is 77.9 Å². The van der Waals surface area contributed by atoms with Gasteiger partial charge < -0.3 is 0 Å². The van der Waals surface area contributed by atoms with Crippen LogP contribution in [-0.4, -0.2) is 0 Å². The maximum Gasteiger partial charge on any atom is -0.00259 e. The number of benzene rings is 10. The highest BCUT2D eigenvalue weighted by atomic mass is 14.2. The molecule has 56 heavy (non-hydrogen) atoms. The van der Waals surface area contributed by atoms with Gasteiger partial charge in [-0.25, -0.2) is 0 Å². The monoisotopic (exact) mass is 710 g/mol. The standard InChI is InChI=1S/C56H38/c1-5-19-39(20-6-1)43-35-44(40-21-7-2-8-22-40)37-45(36-43)56-52-33-17-31-50(48-29-15-13-27-46(48)41-23-9-3-10-24-41)54(52)38-55-51(32-18-34-53(55)56)49-30-16-14-28-47(49)42-25-11-4-12-26-42/h1-38H. The first-order valence-electron chi connectivity index (χ1n) is 19.3. The highest BCUT2D eigenvalue weighted by molar-refractivity contribution is 6.20. The molecule has 0 nitrogen and oxygen atoms in total. The van der Waals surface area contributed by atoms with Crippen molar-refractivity contribution in [1.29, 1.82) is 0 Å². The van der Waals surface area contributed by atoms with E-state index in [0.29, 0.717) is 0 Å². The van der Waals surface area contributed by atoms with Gasteiger partial charge in [0.1, 0.15) is 0 Å². The van der Waals surface area contributed by atoms with Crippen LogP contribution in [0.15, 0.2) is 231 Å². The van der Waals surface area contributed by atoms with Crippen LogP contribution in [0.25, 0.3) is 99.4 Å². The Labute approximate surface area is 328 Å². The summed E-state index contributed by atoms with van der Waals surface area (Å²) in [6.07, 6.45) is 0. The molecule has 0 spiro atoms. The second-order valence-corrected chi connectivity index (χ2v) is 14.4. The molecule has 0 unspecified atom stereocenters. The molecule has 0 saturated heterocycles. The molecule has 0 N–H and O–H groups in total. The second-order valence-electron chi connectivity index (χ2n) is 14.4. The summed E-state index contributed by atoms with van der Waals surface area (Å²) in [5.74, 6) is 0. The molecule has 0 saturated carbocycles. The minimum absolute atomic E-state index is 1.20. The average Bonchev–Trinajstić information content (AvgIpc) is 3.29. The molecule has 0 atom stereocenters. The third-order valence-corrected chi connectivity index (χ3v) is 11.1. The van der Waals surface area contributed by atoms with E-state index in [0.717, 1.165) is 0 Å². The third kappa shape index (κ3) is 6.08. The van der Waals surface area contributed by atoms with Gasteiger partial charge in [0.2, 0.25) is 0 Å². The van der Waals surface area contributed by atoms with E-state index in [9.17, 15) is 0 Å². The molecular weight excluding hydrogens is 673 g/mol.